The summed E-state index contributed by atoms with van der Waals surface area (Å²) in [6.45, 7) is 0.585. The van der Waals surface area contributed by atoms with Crippen molar-refractivity contribution < 1.29 is 9.72 Å². The smallest absolute Gasteiger partial charge is 0.269 e. The Morgan fingerprint density at radius 3 is 2.56 bits per heavy atom. The molecule has 0 saturated carbocycles. The predicted molar refractivity (Wildman–Crippen MR) is 61.3 cm³/mol. The first-order valence-corrected chi connectivity index (χ1v) is 5.84. The Kier molecular flexibility index (Phi) is 3.09. The number of hydrogen-bond donors (Lipinski definition) is 1. The lowest BCUT2D eigenvalue weighted by Gasteiger charge is -2.22. The maximum Gasteiger partial charge on any atom is 0.269 e. The zero-order valence-electron chi connectivity index (χ0n) is 8.38. The molecule has 0 aromatic heterocycles. The molecular weight excluding hydrogens is 228 g/mol. The summed E-state index contributed by atoms with van der Waals surface area (Å²) < 4.78 is 0. The van der Waals surface area contributed by atoms with Gasteiger partial charge in [0.05, 0.1) is 10.7 Å². The quantitative estimate of drug-likeness (QED) is 0.626. The van der Waals surface area contributed by atoms with Crippen LogP contribution in [-0.4, -0.2) is 23.1 Å². The molecule has 1 aromatic rings. The van der Waals surface area contributed by atoms with E-state index in [1.54, 1.807) is 23.9 Å². The first-order valence-electron chi connectivity index (χ1n) is 4.79. The van der Waals surface area contributed by atoms with E-state index in [1.807, 2.05) is 0 Å². The van der Waals surface area contributed by atoms with Crippen LogP contribution in [0.25, 0.3) is 0 Å². The third-order valence-corrected chi connectivity index (χ3v) is 3.65. The van der Waals surface area contributed by atoms with Crippen molar-refractivity contribution in [1.29, 1.82) is 0 Å². The number of rotatable bonds is 2. The van der Waals surface area contributed by atoms with Gasteiger partial charge in [0, 0.05) is 23.9 Å². The van der Waals surface area contributed by atoms with Crippen LogP contribution < -0.4 is 5.32 Å². The molecule has 0 aliphatic carbocycles. The van der Waals surface area contributed by atoms with E-state index < -0.39 is 4.92 Å². The normalized spacial score (nSPS) is 20.2. The van der Waals surface area contributed by atoms with Crippen molar-refractivity contribution in [3.63, 3.8) is 0 Å². The van der Waals surface area contributed by atoms with Gasteiger partial charge in [-0.15, -0.1) is 11.8 Å². The van der Waals surface area contributed by atoms with E-state index in [1.165, 1.54) is 12.1 Å². The highest BCUT2D eigenvalue weighted by atomic mass is 32.2. The maximum absolute atomic E-state index is 11.0. The Morgan fingerprint density at radius 1 is 1.38 bits per heavy atom. The van der Waals surface area contributed by atoms with Gasteiger partial charge in [-0.3, -0.25) is 14.9 Å². The zero-order valence-corrected chi connectivity index (χ0v) is 9.20. The molecule has 6 heteroatoms. The van der Waals surface area contributed by atoms with Crippen molar-refractivity contribution in [1.82, 2.24) is 5.32 Å². The van der Waals surface area contributed by atoms with E-state index in [9.17, 15) is 14.9 Å². The van der Waals surface area contributed by atoms with E-state index in [4.69, 9.17) is 0 Å². The molecule has 0 spiro atoms. The fraction of sp³-hybridized carbons (Fsp3) is 0.300. The van der Waals surface area contributed by atoms with Crippen LogP contribution in [0.1, 0.15) is 10.8 Å². The number of hydrogen-bond acceptors (Lipinski definition) is 4. The molecule has 1 atom stereocenters. The van der Waals surface area contributed by atoms with Gasteiger partial charge in [0.2, 0.25) is 5.91 Å². The molecule has 0 radical (unpaired) electrons. The van der Waals surface area contributed by atoms with Gasteiger partial charge in [0.1, 0.15) is 0 Å². The molecule has 1 amide bonds. The van der Waals surface area contributed by atoms with Gasteiger partial charge in [-0.1, -0.05) is 12.1 Å². The van der Waals surface area contributed by atoms with Crippen molar-refractivity contribution in [2.24, 2.45) is 0 Å². The molecule has 16 heavy (non-hydrogen) atoms. The Balaban J connectivity index is 2.10. The largest absolute Gasteiger partial charge is 0.354 e. The number of amides is 1. The minimum atomic E-state index is -0.417. The third-order valence-electron chi connectivity index (χ3n) is 2.38. The summed E-state index contributed by atoms with van der Waals surface area (Å²) in [5.41, 5.74) is 1.10. The van der Waals surface area contributed by atoms with Crippen LogP contribution in [0.2, 0.25) is 0 Å². The van der Waals surface area contributed by atoms with Gasteiger partial charge in [0.15, 0.2) is 0 Å². The molecule has 0 bridgehead atoms. The summed E-state index contributed by atoms with van der Waals surface area (Å²) in [5.74, 6) is 0.491. The topological polar surface area (TPSA) is 72.2 Å². The molecule has 84 valence electrons. The molecule has 1 aliphatic heterocycles. The first kappa shape index (κ1) is 10.9. The van der Waals surface area contributed by atoms with Crippen LogP contribution in [0, 0.1) is 10.1 Å². The van der Waals surface area contributed by atoms with E-state index in [2.05, 4.69) is 5.32 Å². The van der Waals surface area contributed by atoms with Gasteiger partial charge >= 0.3 is 0 Å². The second kappa shape index (κ2) is 4.52. The van der Waals surface area contributed by atoms with Crippen LogP contribution in [0.4, 0.5) is 5.69 Å². The molecule has 1 aromatic carbocycles. The molecule has 2 rings (SSSR count). The highest BCUT2D eigenvalue weighted by Gasteiger charge is 2.20. The molecule has 5 nitrogen and oxygen atoms in total. The highest BCUT2D eigenvalue weighted by molar-refractivity contribution is 8.00. The maximum atomic E-state index is 11.0. The lowest BCUT2D eigenvalue weighted by atomic mass is 10.1. The Morgan fingerprint density at radius 2 is 2.06 bits per heavy atom. The average Bonchev–Trinajstić information content (AvgIpc) is 2.30. The standard InChI is InChI=1S/C10H10N2O3S/c13-10-6-16-9(5-11-10)7-1-3-8(4-2-7)12(14)15/h1-4,9H,5-6H2,(H,11,13). The van der Waals surface area contributed by atoms with Crippen molar-refractivity contribution in [2.45, 2.75) is 5.25 Å². The van der Waals surface area contributed by atoms with Crippen LogP contribution >= 0.6 is 11.8 Å². The Bertz CT molecular complexity index is 409. The van der Waals surface area contributed by atoms with Crippen LogP contribution in [0.3, 0.4) is 0 Å². The minimum Gasteiger partial charge on any atom is -0.354 e. The summed E-state index contributed by atoms with van der Waals surface area (Å²) in [5, 5.41) is 13.4. The van der Waals surface area contributed by atoms with Crippen LogP contribution in [0.5, 0.6) is 0 Å². The number of nitro groups is 1. The molecule has 1 aliphatic rings. The second-order valence-electron chi connectivity index (χ2n) is 3.45. The van der Waals surface area contributed by atoms with Crippen LogP contribution in [-0.2, 0) is 4.79 Å². The molecule has 1 heterocycles. The lowest BCUT2D eigenvalue weighted by molar-refractivity contribution is -0.384. The van der Waals surface area contributed by atoms with Gasteiger partial charge < -0.3 is 5.32 Å². The number of carbonyl (C=O) groups excluding carboxylic acids is 1. The number of nitrogens with one attached hydrogen (secondary N) is 1. The third kappa shape index (κ3) is 2.33. The summed E-state index contributed by atoms with van der Waals surface area (Å²) in [6, 6.07) is 6.47. The summed E-state index contributed by atoms with van der Waals surface area (Å²) in [4.78, 5) is 21.0. The summed E-state index contributed by atoms with van der Waals surface area (Å²) in [6.07, 6.45) is 0. The van der Waals surface area contributed by atoms with E-state index in [0.717, 1.165) is 5.56 Å². The van der Waals surface area contributed by atoms with Gasteiger partial charge in [-0.25, -0.2) is 0 Å². The minimum absolute atomic E-state index is 0.0446. The predicted octanol–water partition coefficient (Wildman–Crippen LogP) is 1.50. The Labute approximate surface area is 96.4 Å². The van der Waals surface area contributed by atoms with Crippen molar-refractivity contribution in [2.75, 3.05) is 12.3 Å². The molecule has 1 unspecified atom stereocenters. The SMILES string of the molecule is O=C1CSC(c2ccc([N+](=O)[O-])cc2)CN1. The van der Waals surface area contributed by atoms with Crippen molar-refractivity contribution >= 4 is 23.4 Å². The molecular formula is C10H10N2O3S. The lowest BCUT2D eigenvalue weighted by Crippen LogP contribution is -2.33. The van der Waals surface area contributed by atoms with E-state index in [-0.39, 0.29) is 16.8 Å². The van der Waals surface area contributed by atoms with Crippen LogP contribution in [0.15, 0.2) is 24.3 Å². The number of non-ortho nitro benzene ring substituents is 1. The molecule has 1 saturated heterocycles. The highest BCUT2D eigenvalue weighted by Crippen LogP contribution is 2.31. The second-order valence-corrected chi connectivity index (χ2v) is 4.64. The number of nitrogens with zero attached hydrogens (tertiary/aromatic N) is 1. The van der Waals surface area contributed by atoms with Gasteiger partial charge in [-0.05, 0) is 5.56 Å². The fourth-order valence-electron chi connectivity index (χ4n) is 1.52. The number of benzene rings is 1. The summed E-state index contributed by atoms with van der Waals surface area (Å²) in [7, 11) is 0. The summed E-state index contributed by atoms with van der Waals surface area (Å²) >= 11 is 1.56. The monoisotopic (exact) mass is 238 g/mol. The fourth-order valence-corrected chi connectivity index (χ4v) is 2.52. The average molecular weight is 238 g/mol. The van der Waals surface area contributed by atoms with Gasteiger partial charge in [-0.2, -0.15) is 0 Å². The number of thioether (sulfide) groups is 1. The molecule has 1 fully saturated rings. The van der Waals surface area contributed by atoms with E-state index in [0.29, 0.717) is 12.3 Å². The van der Waals surface area contributed by atoms with Gasteiger partial charge in [0.25, 0.3) is 5.69 Å². The first-order chi connectivity index (χ1) is 7.66. The van der Waals surface area contributed by atoms with Crippen molar-refractivity contribution in [3.05, 3.63) is 39.9 Å². The van der Waals surface area contributed by atoms with E-state index >= 15 is 0 Å². The molecule has 1 N–H and O–H groups in total. The Hall–Kier alpha value is -1.56. The number of nitro benzene ring substituents is 1. The van der Waals surface area contributed by atoms with Crippen molar-refractivity contribution in [3.8, 4) is 0 Å². The zero-order chi connectivity index (χ0) is 11.5. The number of carbonyl (C=O) groups is 1.